The minimum absolute atomic E-state index is 0.0248. The minimum atomic E-state index is -0.317. The molecule has 1 unspecified atom stereocenters. The molecule has 2 aliphatic rings. The van der Waals surface area contributed by atoms with E-state index in [1.807, 2.05) is 11.8 Å². The molecule has 0 bridgehead atoms. The Hall–Kier alpha value is -2.03. The van der Waals surface area contributed by atoms with E-state index in [1.54, 1.807) is 12.1 Å². The number of benzene rings is 1. The molecule has 2 fully saturated rings. The predicted octanol–water partition coefficient (Wildman–Crippen LogP) is 1.90. The summed E-state index contributed by atoms with van der Waals surface area (Å²) in [5.74, 6) is 0.157. The molecule has 0 aromatic heterocycles. The van der Waals surface area contributed by atoms with Crippen LogP contribution in [0.15, 0.2) is 18.2 Å². The fourth-order valence-electron chi connectivity index (χ4n) is 3.28. The van der Waals surface area contributed by atoms with E-state index in [-0.39, 0.29) is 23.7 Å². The predicted molar refractivity (Wildman–Crippen MR) is 108 cm³/mol. The largest absolute Gasteiger partial charge is 0.490 e. The van der Waals surface area contributed by atoms with Gasteiger partial charge in [-0.2, -0.15) is 0 Å². The number of nitrogens with one attached hydrogen (secondary N) is 3. The number of hydrogen-bond acceptors (Lipinski definition) is 6. The number of hydrogen-bond donors (Lipinski definition) is 3. The molecule has 2 amide bonds. The van der Waals surface area contributed by atoms with Gasteiger partial charge in [0.15, 0.2) is 11.6 Å². The van der Waals surface area contributed by atoms with Gasteiger partial charge in [0.2, 0.25) is 11.8 Å². The summed E-state index contributed by atoms with van der Waals surface area (Å²) in [4.78, 5) is 24.5. The number of ether oxygens (including phenoxy) is 1. The van der Waals surface area contributed by atoms with Crippen molar-refractivity contribution in [2.24, 2.45) is 5.92 Å². The molecule has 0 spiro atoms. The molecule has 1 atom stereocenters. The number of piperazine rings is 1. The van der Waals surface area contributed by atoms with Gasteiger partial charge in [0.05, 0.1) is 19.7 Å². The Labute approximate surface area is 171 Å². The Bertz CT molecular complexity index is 695. The molecule has 1 saturated carbocycles. The highest BCUT2D eigenvalue weighted by molar-refractivity contribution is 5.99. The third kappa shape index (κ3) is 7.38. The molecule has 3 rings (SSSR count). The maximum absolute atomic E-state index is 13.9. The first kappa shape index (κ1) is 21.7. The number of rotatable bonds is 12. The Balaban J connectivity index is 1.28. The van der Waals surface area contributed by atoms with E-state index >= 15 is 0 Å². The fourth-order valence-corrected chi connectivity index (χ4v) is 3.28. The van der Waals surface area contributed by atoms with Crippen molar-refractivity contribution < 1.29 is 18.7 Å². The van der Waals surface area contributed by atoms with Crippen LogP contribution in [0.25, 0.3) is 0 Å². The summed E-state index contributed by atoms with van der Waals surface area (Å²) < 4.78 is 19.5. The van der Waals surface area contributed by atoms with E-state index in [4.69, 9.17) is 4.74 Å². The number of unbranched alkanes of at least 4 members (excludes halogenated alkanes) is 2. The van der Waals surface area contributed by atoms with Gasteiger partial charge in [-0.05, 0) is 62.8 Å². The van der Waals surface area contributed by atoms with Crippen molar-refractivity contribution in [1.82, 2.24) is 21.1 Å². The number of imide groups is 1. The van der Waals surface area contributed by atoms with Crippen molar-refractivity contribution in [2.45, 2.75) is 45.1 Å². The number of carbonyl (C=O) groups is 2. The number of carbonyl (C=O) groups excluding carboxylic acids is 2. The first-order valence-electron chi connectivity index (χ1n) is 10.5. The Kier molecular flexibility index (Phi) is 7.97. The quantitative estimate of drug-likeness (QED) is 0.279. The second kappa shape index (κ2) is 10.7. The number of amides is 2. The van der Waals surface area contributed by atoms with Crippen LogP contribution in [0.4, 0.5) is 4.39 Å². The molecule has 8 heteroatoms. The van der Waals surface area contributed by atoms with E-state index < -0.39 is 0 Å². The highest BCUT2D eigenvalue weighted by Gasteiger charge is 2.23. The molecule has 1 saturated heterocycles. The first-order chi connectivity index (χ1) is 14.0. The van der Waals surface area contributed by atoms with E-state index in [0.29, 0.717) is 31.4 Å². The van der Waals surface area contributed by atoms with Crippen LogP contribution in [-0.4, -0.2) is 49.5 Å². The summed E-state index contributed by atoms with van der Waals surface area (Å²) in [6.45, 7) is 4.76. The van der Waals surface area contributed by atoms with Crippen LogP contribution in [-0.2, 0) is 9.59 Å². The van der Waals surface area contributed by atoms with Gasteiger partial charge in [-0.25, -0.2) is 4.39 Å². The van der Waals surface area contributed by atoms with Crippen molar-refractivity contribution >= 4 is 11.8 Å². The number of halogens is 1. The average Bonchev–Trinajstić information content (AvgIpc) is 3.50. The lowest BCUT2D eigenvalue weighted by Gasteiger charge is -2.25. The van der Waals surface area contributed by atoms with Crippen LogP contribution in [0.3, 0.4) is 0 Å². The summed E-state index contributed by atoms with van der Waals surface area (Å²) in [6, 6.07) is 5.03. The lowest BCUT2D eigenvalue weighted by atomic mass is 10.1. The second-order valence-electron chi connectivity index (χ2n) is 7.98. The highest BCUT2D eigenvalue weighted by atomic mass is 19.1. The molecule has 160 valence electrons. The van der Waals surface area contributed by atoms with Crippen LogP contribution < -0.4 is 20.9 Å². The normalized spacial score (nSPS) is 18.6. The van der Waals surface area contributed by atoms with Gasteiger partial charge < -0.3 is 4.74 Å². The average molecular weight is 407 g/mol. The van der Waals surface area contributed by atoms with Crippen molar-refractivity contribution in [3.8, 4) is 5.75 Å². The summed E-state index contributed by atoms with van der Waals surface area (Å²) in [6.07, 6.45) is 5.28. The highest BCUT2D eigenvalue weighted by Crippen LogP contribution is 2.31. The van der Waals surface area contributed by atoms with Gasteiger partial charge >= 0.3 is 0 Å². The number of hydrazine groups is 1. The van der Waals surface area contributed by atoms with Gasteiger partial charge in [-0.1, -0.05) is 12.5 Å². The molecule has 1 aromatic carbocycles. The van der Waals surface area contributed by atoms with Gasteiger partial charge in [0, 0.05) is 12.6 Å². The van der Waals surface area contributed by atoms with Gasteiger partial charge in [0.1, 0.15) is 0 Å². The van der Waals surface area contributed by atoms with Crippen molar-refractivity contribution in [1.29, 1.82) is 0 Å². The van der Waals surface area contributed by atoms with E-state index in [9.17, 15) is 14.0 Å². The zero-order valence-electron chi connectivity index (χ0n) is 17.0. The summed E-state index contributed by atoms with van der Waals surface area (Å²) in [7, 11) is 0. The van der Waals surface area contributed by atoms with E-state index in [0.717, 1.165) is 37.9 Å². The second-order valence-corrected chi connectivity index (χ2v) is 7.98. The molecular formula is C21H31FN4O3. The lowest BCUT2D eigenvalue weighted by molar-refractivity contribution is -0.136. The van der Waals surface area contributed by atoms with Crippen molar-refractivity contribution in [3.05, 3.63) is 29.6 Å². The van der Waals surface area contributed by atoms with Gasteiger partial charge in [-0.15, -0.1) is 0 Å². The molecule has 1 heterocycles. The fraction of sp³-hybridized carbons (Fsp3) is 0.619. The topological polar surface area (TPSA) is 82.7 Å². The molecule has 7 nitrogen and oxygen atoms in total. The van der Waals surface area contributed by atoms with Crippen molar-refractivity contribution in [3.63, 3.8) is 0 Å². The van der Waals surface area contributed by atoms with Gasteiger partial charge in [-0.3, -0.25) is 30.7 Å². The van der Waals surface area contributed by atoms with E-state index in [2.05, 4.69) is 16.2 Å². The van der Waals surface area contributed by atoms with Crippen LogP contribution in [0, 0.1) is 11.7 Å². The molecule has 1 aliphatic heterocycles. The Morgan fingerprint density at radius 3 is 2.69 bits per heavy atom. The monoisotopic (exact) mass is 406 g/mol. The van der Waals surface area contributed by atoms with Gasteiger partial charge in [0.25, 0.3) is 0 Å². The zero-order valence-corrected chi connectivity index (χ0v) is 17.0. The summed E-state index contributed by atoms with van der Waals surface area (Å²) in [5, 5.41) is 2.31. The van der Waals surface area contributed by atoms with Crippen LogP contribution in [0.5, 0.6) is 5.75 Å². The third-order valence-electron chi connectivity index (χ3n) is 5.23. The molecule has 1 aliphatic carbocycles. The van der Waals surface area contributed by atoms with Crippen LogP contribution >= 0.6 is 0 Å². The molecule has 29 heavy (non-hydrogen) atoms. The zero-order chi connectivity index (χ0) is 20.6. The molecule has 0 radical (unpaired) electrons. The maximum atomic E-state index is 13.9. The summed E-state index contributed by atoms with van der Waals surface area (Å²) >= 11 is 0. The maximum Gasteiger partial charge on any atom is 0.240 e. The summed E-state index contributed by atoms with van der Waals surface area (Å²) in [5.41, 5.74) is 7.42. The first-order valence-corrected chi connectivity index (χ1v) is 10.5. The smallest absolute Gasteiger partial charge is 0.240 e. The lowest BCUT2D eigenvalue weighted by Crippen LogP contribution is -2.51. The Morgan fingerprint density at radius 2 is 1.97 bits per heavy atom. The Morgan fingerprint density at radius 1 is 1.21 bits per heavy atom. The minimum Gasteiger partial charge on any atom is -0.490 e. The molecular weight excluding hydrogens is 375 g/mol. The molecule has 3 N–H and O–H groups in total. The standard InChI is InChI=1S/C21H31FN4O3/c1-15(17-7-8-18(22)19(11-17)29-14-16-5-6-16)25-23-9-3-2-4-10-26-12-20(27)24-21(28)13-26/h7-8,11,15-16,23,25H,2-6,9-10,12-14H2,1H3,(H,24,27,28). The van der Waals surface area contributed by atoms with Crippen LogP contribution in [0.2, 0.25) is 0 Å². The van der Waals surface area contributed by atoms with Crippen LogP contribution in [0.1, 0.15) is 50.6 Å². The van der Waals surface area contributed by atoms with E-state index in [1.165, 1.54) is 18.9 Å². The number of nitrogens with zero attached hydrogens (tertiary/aromatic N) is 1. The SMILES string of the molecule is CC(NNCCCCCN1CC(=O)NC(=O)C1)c1ccc(F)c(OCC2CC2)c1. The third-order valence-corrected chi connectivity index (χ3v) is 5.23. The van der Waals surface area contributed by atoms with Crippen molar-refractivity contribution in [2.75, 3.05) is 32.8 Å². The molecule has 1 aromatic rings.